The average molecular weight is 266 g/mol. The largest absolute Gasteiger partial charge is 0.316 e. The third kappa shape index (κ3) is 9.95. The lowest BCUT2D eigenvalue weighted by Gasteiger charge is -2.21. The van der Waals surface area contributed by atoms with Gasteiger partial charge in [0.2, 0.25) is 0 Å². The normalized spacial score (nSPS) is 11.5. The Bertz CT molecular complexity index is 282. The van der Waals surface area contributed by atoms with Gasteiger partial charge in [0.1, 0.15) is 0 Å². The SMILES string of the molecule is CCC(C)=C=CC(C)(C)CNCCCN(CC)CC. The number of nitrogens with zero attached hydrogens (tertiary/aromatic N) is 1. The van der Waals surface area contributed by atoms with Crippen LogP contribution in [0.25, 0.3) is 0 Å². The molecule has 0 aliphatic rings. The summed E-state index contributed by atoms with van der Waals surface area (Å²) in [7, 11) is 0. The predicted octanol–water partition coefficient (Wildman–Crippen LogP) is 3.85. The van der Waals surface area contributed by atoms with E-state index in [9.17, 15) is 0 Å². The van der Waals surface area contributed by atoms with Gasteiger partial charge in [0.25, 0.3) is 0 Å². The van der Waals surface area contributed by atoms with Crippen LogP contribution >= 0.6 is 0 Å². The lowest BCUT2D eigenvalue weighted by atomic mass is 9.93. The van der Waals surface area contributed by atoms with E-state index in [1.807, 2.05) is 0 Å². The van der Waals surface area contributed by atoms with Crippen molar-refractivity contribution in [2.24, 2.45) is 5.41 Å². The zero-order valence-electron chi connectivity index (χ0n) is 14.0. The van der Waals surface area contributed by atoms with E-state index in [2.05, 4.69) is 63.6 Å². The standard InChI is InChI=1S/C17H34N2/c1-7-16(4)11-12-17(5,6)15-18-13-10-14-19(8-2)9-3/h12,18H,7-10,13-15H2,1-6H3. The van der Waals surface area contributed by atoms with Crippen LogP contribution in [0.1, 0.15) is 54.4 Å². The third-order valence-corrected chi connectivity index (χ3v) is 3.54. The van der Waals surface area contributed by atoms with Gasteiger partial charge in [-0.25, -0.2) is 0 Å². The first-order valence-electron chi connectivity index (χ1n) is 7.81. The molecule has 0 aromatic carbocycles. The maximum absolute atomic E-state index is 3.56. The lowest BCUT2D eigenvalue weighted by Crippen LogP contribution is -2.31. The number of hydrogen-bond acceptors (Lipinski definition) is 2. The fourth-order valence-corrected chi connectivity index (χ4v) is 1.85. The van der Waals surface area contributed by atoms with Crippen molar-refractivity contribution in [3.05, 3.63) is 17.4 Å². The topological polar surface area (TPSA) is 15.3 Å². The summed E-state index contributed by atoms with van der Waals surface area (Å²) in [4.78, 5) is 2.47. The van der Waals surface area contributed by atoms with Gasteiger partial charge >= 0.3 is 0 Å². The molecule has 0 unspecified atom stereocenters. The Kier molecular flexibility index (Phi) is 9.95. The summed E-state index contributed by atoms with van der Waals surface area (Å²) in [6, 6.07) is 0. The molecule has 112 valence electrons. The van der Waals surface area contributed by atoms with Gasteiger partial charge in [-0.05, 0) is 57.6 Å². The zero-order valence-corrected chi connectivity index (χ0v) is 14.0. The molecule has 0 saturated heterocycles. The van der Waals surface area contributed by atoms with Crippen LogP contribution in [0.2, 0.25) is 0 Å². The molecule has 0 radical (unpaired) electrons. The molecule has 0 saturated carbocycles. The van der Waals surface area contributed by atoms with Crippen molar-refractivity contribution >= 4 is 0 Å². The van der Waals surface area contributed by atoms with Crippen molar-refractivity contribution in [3.8, 4) is 0 Å². The molecule has 0 rings (SSSR count). The summed E-state index contributed by atoms with van der Waals surface area (Å²) in [5.74, 6) is 0. The fourth-order valence-electron chi connectivity index (χ4n) is 1.85. The molecule has 0 spiro atoms. The Morgan fingerprint density at radius 3 is 2.37 bits per heavy atom. The molecule has 0 aliphatic heterocycles. The van der Waals surface area contributed by atoms with E-state index in [1.54, 1.807) is 0 Å². The molecule has 19 heavy (non-hydrogen) atoms. The zero-order chi connectivity index (χ0) is 14.7. The van der Waals surface area contributed by atoms with Crippen molar-refractivity contribution in [3.63, 3.8) is 0 Å². The molecule has 0 aromatic heterocycles. The summed E-state index contributed by atoms with van der Waals surface area (Å²) in [6.45, 7) is 18.9. The van der Waals surface area contributed by atoms with Gasteiger partial charge in [-0.15, -0.1) is 5.73 Å². The van der Waals surface area contributed by atoms with E-state index in [4.69, 9.17) is 0 Å². The van der Waals surface area contributed by atoms with Gasteiger partial charge in [0.05, 0.1) is 0 Å². The Balaban J connectivity index is 3.90. The maximum Gasteiger partial charge on any atom is 0.00433 e. The molecular weight excluding hydrogens is 232 g/mol. The molecule has 0 heterocycles. The minimum atomic E-state index is 0.186. The molecule has 2 heteroatoms. The van der Waals surface area contributed by atoms with Gasteiger partial charge < -0.3 is 10.2 Å². The summed E-state index contributed by atoms with van der Waals surface area (Å²) in [5.41, 5.74) is 4.91. The molecule has 0 amide bonds. The van der Waals surface area contributed by atoms with Gasteiger partial charge in [0.15, 0.2) is 0 Å². The van der Waals surface area contributed by atoms with E-state index in [0.29, 0.717) is 0 Å². The smallest absolute Gasteiger partial charge is 0.00433 e. The molecule has 0 aromatic rings. The first-order valence-corrected chi connectivity index (χ1v) is 7.81. The average Bonchev–Trinajstić information content (AvgIpc) is 2.40. The molecule has 1 N–H and O–H groups in total. The summed E-state index contributed by atoms with van der Waals surface area (Å²) in [5, 5.41) is 3.56. The minimum Gasteiger partial charge on any atom is -0.316 e. The van der Waals surface area contributed by atoms with E-state index >= 15 is 0 Å². The molecule has 0 fully saturated rings. The Hall–Kier alpha value is -0.560. The summed E-state index contributed by atoms with van der Waals surface area (Å²) < 4.78 is 0. The van der Waals surface area contributed by atoms with Crippen LogP contribution in [0.5, 0.6) is 0 Å². The second-order valence-corrected chi connectivity index (χ2v) is 5.97. The van der Waals surface area contributed by atoms with E-state index in [1.165, 1.54) is 18.5 Å². The van der Waals surface area contributed by atoms with E-state index in [-0.39, 0.29) is 5.41 Å². The van der Waals surface area contributed by atoms with Crippen molar-refractivity contribution < 1.29 is 0 Å². The Labute approximate surface area is 121 Å². The summed E-state index contributed by atoms with van der Waals surface area (Å²) in [6.07, 6.45) is 4.53. The van der Waals surface area contributed by atoms with Crippen molar-refractivity contribution in [1.82, 2.24) is 10.2 Å². The molecule has 0 bridgehead atoms. The molecule has 2 nitrogen and oxygen atoms in total. The van der Waals surface area contributed by atoms with Crippen molar-refractivity contribution in [2.45, 2.75) is 54.4 Å². The molecule has 0 atom stereocenters. The second kappa shape index (κ2) is 10.3. The first kappa shape index (κ1) is 18.4. The van der Waals surface area contributed by atoms with E-state index < -0.39 is 0 Å². The van der Waals surface area contributed by atoms with Crippen LogP contribution in [-0.2, 0) is 0 Å². The first-order chi connectivity index (χ1) is 8.95. The number of rotatable bonds is 10. The van der Waals surface area contributed by atoms with Crippen LogP contribution < -0.4 is 5.32 Å². The van der Waals surface area contributed by atoms with Crippen LogP contribution in [0, 0.1) is 5.41 Å². The summed E-state index contributed by atoms with van der Waals surface area (Å²) >= 11 is 0. The van der Waals surface area contributed by atoms with Crippen LogP contribution in [-0.4, -0.2) is 37.6 Å². The Morgan fingerprint density at radius 2 is 1.84 bits per heavy atom. The van der Waals surface area contributed by atoms with Crippen LogP contribution in [0.15, 0.2) is 17.4 Å². The lowest BCUT2D eigenvalue weighted by molar-refractivity contribution is 0.295. The van der Waals surface area contributed by atoms with Crippen LogP contribution in [0.4, 0.5) is 0 Å². The number of hydrogen-bond donors (Lipinski definition) is 1. The third-order valence-electron chi connectivity index (χ3n) is 3.54. The van der Waals surface area contributed by atoms with Crippen LogP contribution in [0.3, 0.4) is 0 Å². The number of nitrogens with one attached hydrogen (secondary N) is 1. The fraction of sp³-hybridized carbons (Fsp3) is 0.824. The predicted molar refractivity (Wildman–Crippen MR) is 86.6 cm³/mol. The molecular formula is C17H34N2. The van der Waals surface area contributed by atoms with E-state index in [0.717, 1.165) is 32.6 Å². The van der Waals surface area contributed by atoms with Gasteiger partial charge in [-0.1, -0.05) is 34.6 Å². The Morgan fingerprint density at radius 1 is 1.21 bits per heavy atom. The highest BCUT2D eigenvalue weighted by atomic mass is 15.1. The van der Waals surface area contributed by atoms with Crippen molar-refractivity contribution in [1.29, 1.82) is 0 Å². The minimum absolute atomic E-state index is 0.186. The highest BCUT2D eigenvalue weighted by Crippen LogP contribution is 2.15. The quantitative estimate of drug-likeness (QED) is 0.477. The van der Waals surface area contributed by atoms with Gasteiger partial charge in [-0.3, -0.25) is 0 Å². The van der Waals surface area contributed by atoms with Gasteiger partial charge in [0, 0.05) is 12.0 Å². The highest BCUT2D eigenvalue weighted by Gasteiger charge is 2.12. The van der Waals surface area contributed by atoms with Crippen molar-refractivity contribution in [2.75, 3.05) is 32.7 Å². The maximum atomic E-state index is 3.56. The van der Waals surface area contributed by atoms with Gasteiger partial charge in [-0.2, -0.15) is 0 Å². The molecule has 0 aliphatic carbocycles. The monoisotopic (exact) mass is 266 g/mol. The second-order valence-electron chi connectivity index (χ2n) is 5.97. The highest BCUT2D eigenvalue weighted by molar-refractivity contribution is 5.02.